The second kappa shape index (κ2) is 13.3. The zero-order valence-corrected chi connectivity index (χ0v) is 31.1. The van der Waals surface area contributed by atoms with Gasteiger partial charge in [-0.15, -0.1) is 0 Å². The summed E-state index contributed by atoms with van der Waals surface area (Å²) < 4.78 is 0. The summed E-state index contributed by atoms with van der Waals surface area (Å²) in [5, 5.41) is 2.52. The van der Waals surface area contributed by atoms with Crippen molar-refractivity contribution in [2.75, 3.05) is 9.80 Å². The molecule has 3 unspecified atom stereocenters. The van der Waals surface area contributed by atoms with Crippen molar-refractivity contribution in [1.82, 2.24) is 0 Å². The fraction of sp³-hybridized carbons (Fsp3) is 0.176. The normalized spacial score (nSPS) is 18.0. The van der Waals surface area contributed by atoms with Gasteiger partial charge in [-0.2, -0.15) is 0 Å². The summed E-state index contributed by atoms with van der Waals surface area (Å²) in [4.78, 5) is 5.22. The lowest BCUT2D eigenvalue weighted by Gasteiger charge is -2.42. The molecule has 53 heavy (non-hydrogen) atoms. The Morgan fingerprint density at radius 2 is 1.21 bits per heavy atom. The van der Waals surface area contributed by atoms with Gasteiger partial charge >= 0.3 is 0 Å². The zero-order valence-electron chi connectivity index (χ0n) is 31.1. The molecule has 7 aromatic rings. The summed E-state index contributed by atoms with van der Waals surface area (Å²) in [5.41, 5.74) is 14.0. The Hall–Kier alpha value is -5.86. The standard InChI is InChI=1S/C51H46N2/c1-35-29-34-47(49-44-24-12-14-28-46(44)53(50(35)49)39-21-9-6-10-22-39)52(40-32-30-38(31-33-40)51(2,3)4)45-27-13-11-23-42(45)43-26-16-20-37-19-15-25-41(48(37)43)36-17-7-5-8-18-36/h5-28,30-35,49-50H,29H2,1-4H3. The van der Waals surface area contributed by atoms with Crippen LogP contribution in [0.1, 0.15) is 51.2 Å². The van der Waals surface area contributed by atoms with Crippen LogP contribution in [-0.4, -0.2) is 6.04 Å². The number of benzene rings is 7. The molecule has 0 N–H and O–H groups in total. The Kier molecular flexibility index (Phi) is 8.27. The predicted octanol–water partition coefficient (Wildman–Crippen LogP) is 13.8. The molecule has 2 aliphatic rings. The lowest BCUT2D eigenvalue weighted by Crippen LogP contribution is -2.41. The molecule has 0 fully saturated rings. The lowest BCUT2D eigenvalue weighted by atomic mass is 9.77. The van der Waals surface area contributed by atoms with E-state index in [4.69, 9.17) is 0 Å². The average molecular weight is 687 g/mol. The van der Waals surface area contributed by atoms with Gasteiger partial charge in [0.05, 0.1) is 5.69 Å². The van der Waals surface area contributed by atoms with Crippen LogP contribution in [0.3, 0.4) is 0 Å². The Labute approximate surface area is 314 Å². The molecule has 1 aliphatic carbocycles. The number of hydrogen-bond acceptors (Lipinski definition) is 2. The van der Waals surface area contributed by atoms with Crippen LogP contribution in [0.15, 0.2) is 182 Å². The van der Waals surface area contributed by atoms with E-state index in [1.807, 2.05) is 0 Å². The van der Waals surface area contributed by atoms with Crippen LogP contribution in [-0.2, 0) is 5.41 Å². The quantitative estimate of drug-likeness (QED) is 0.172. The van der Waals surface area contributed by atoms with Crippen molar-refractivity contribution in [3.05, 3.63) is 193 Å². The van der Waals surface area contributed by atoms with Crippen molar-refractivity contribution in [1.29, 1.82) is 0 Å². The van der Waals surface area contributed by atoms with Gasteiger partial charge in [0, 0.05) is 40.3 Å². The van der Waals surface area contributed by atoms with Gasteiger partial charge < -0.3 is 9.80 Å². The van der Waals surface area contributed by atoms with Crippen molar-refractivity contribution in [2.45, 2.75) is 51.5 Å². The third-order valence-corrected chi connectivity index (χ3v) is 11.5. The van der Waals surface area contributed by atoms with Gasteiger partial charge in [0.2, 0.25) is 0 Å². The van der Waals surface area contributed by atoms with Crippen LogP contribution in [0.2, 0.25) is 0 Å². The molecule has 2 heteroatoms. The number of nitrogens with zero attached hydrogens (tertiary/aromatic N) is 2. The molecule has 1 heterocycles. The number of para-hydroxylation sites is 3. The molecule has 9 rings (SSSR count). The summed E-state index contributed by atoms with van der Waals surface area (Å²) in [6.45, 7) is 9.32. The van der Waals surface area contributed by atoms with Crippen LogP contribution in [0.5, 0.6) is 0 Å². The molecular formula is C51H46N2. The van der Waals surface area contributed by atoms with Gasteiger partial charge in [-0.3, -0.25) is 0 Å². The van der Waals surface area contributed by atoms with Crippen molar-refractivity contribution in [3.63, 3.8) is 0 Å². The molecular weight excluding hydrogens is 641 g/mol. The van der Waals surface area contributed by atoms with Crippen LogP contribution in [0.25, 0.3) is 33.0 Å². The van der Waals surface area contributed by atoms with E-state index in [0.717, 1.165) is 6.42 Å². The van der Waals surface area contributed by atoms with Crippen molar-refractivity contribution < 1.29 is 0 Å². The molecule has 0 radical (unpaired) electrons. The molecule has 0 aromatic heterocycles. The Bertz CT molecular complexity index is 2430. The fourth-order valence-electron chi connectivity index (χ4n) is 8.94. The van der Waals surface area contributed by atoms with E-state index in [1.165, 1.54) is 72.6 Å². The minimum absolute atomic E-state index is 0.0588. The summed E-state index contributed by atoms with van der Waals surface area (Å²) in [5.74, 6) is 0.640. The Morgan fingerprint density at radius 3 is 1.94 bits per heavy atom. The highest BCUT2D eigenvalue weighted by Gasteiger charge is 2.47. The first-order valence-electron chi connectivity index (χ1n) is 19.1. The summed E-state index contributed by atoms with van der Waals surface area (Å²) in [6, 6.07) is 63.1. The molecule has 1 aliphatic heterocycles. The molecule has 0 spiro atoms. The van der Waals surface area contributed by atoms with Gasteiger partial charge in [0.25, 0.3) is 0 Å². The van der Waals surface area contributed by atoms with Crippen molar-refractivity contribution in [2.24, 2.45) is 5.92 Å². The van der Waals surface area contributed by atoms with E-state index in [9.17, 15) is 0 Å². The molecule has 2 nitrogen and oxygen atoms in total. The lowest BCUT2D eigenvalue weighted by molar-refractivity contribution is 0.409. The van der Waals surface area contributed by atoms with E-state index in [2.05, 4.69) is 213 Å². The van der Waals surface area contributed by atoms with Crippen LogP contribution in [0, 0.1) is 5.92 Å². The monoisotopic (exact) mass is 686 g/mol. The van der Waals surface area contributed by atoms with E-state index in [-0.39, 0.29) is 17.4 Å². The number of allylic oxidation sites excluding steroid dienone is 1. The highest BCUT2D eigenvalue weighted by Crippen LogP contribution is 2.56. The maximum Gasteiger partial charge on any atom is 0.0537 e. The topological polar surface area (TPSA) is 6.48 Å². The van der Waals surface area contributed by atoms with E-state index in [0.29, 0.717) is 5.92 Å². The van der Waals surface area contributed by atoms with Gasteiger partial charge in [-0.25, -0.2) is 0 Å². The first-order valence-corrected chi connectivity index (χ1v) is 19.1. The first-order chi connectivity index (χ1) is 25.9. The Morgan fingerprint density at radius 1 is 0.585 bits per heavy atom. The van der Waals surface area contributed by atoms with Gasteiger partial charge in [0.1, 0.15) is 0 Å². The van der Waals surface area contributed by atoms with Crippen LogP contribution >= 0.6 is 0 Å². The van der Waals surface area contributed by atoms with Gasteiger partial charge in [-0.05, 0) is 92.7 Å². The maximum atomic E-state index is 2.63. The Balaban J connectivity index is 1.28. The zero-order chi connectivity index (χ0) is 36.1. The molecule has 0 amide bonds. The maximum absolute atomic E-state index is 2.63. The smallest absolute Gasteiger partial charge is 0.0537 e. The molecule has 7 aromatic carbocycles. The van der Waals surface area contributed by atoms with Gasteiger partial charge in [-0.1, -0.05) is 167 Å². The second-order valence-electron chi connectivity index (χ2n) is 15.8. The first kappa shape index (κ1) is 33.0. The van der Waals surface area contributed by atoms with E-state index < -0.39 is 0 Å². The molecule has 3 atom stereocenters. The molecule has 0 saturated carbocycles. The average Bonchev–Trinajstić information content (AvgIpc) is 3.55. The van der Waals surface area contributed by atoms with E-state index in [1.54, 1.807) is 0 Å². The van der Waals surface area contributed by atoms with Crippen LogP contribution < -0.4 is 9.80 Å². The number of rotatable bonds is 6. The highest BCUT2D eigenvalue weighted by atomic mass is 15.2. The number of fused-ring (bicyclic) bond motifs is 4. The SMILES string of the molecule is CC1CC=C(N(c2ccc(C(C)(C)C)cc2)c2ccccc2-c2cccc3cccc(-c4ccccc4)c23)C2c3ccccc3N(c3ccccc3)C12. The predicted molar refractivity (Wildman–Crippen MR) is 226 cm³/mol. The van der Waals surface area contributed by atoms with E-state index >= 15 is 0 Å². The summed E-state index contributed by atoms with van der Waals surface area (Å²) in [7, 11) is 0. The van der Waals surface area contributed by atoms with Crippen LogP contribution in [0.4, 0.5) is 22.7 Å². The minimum Gasteiger partial charge on any atom is -0.337 e. The third-order valence-electron chi connectivity index (χ3n) is 11.5. The molecule has 0 saturated heterocycles. The second-order valence-corrected chi connectivity index (χ2v) is 15.8. The summed E-state index contributed by atoms with van der Waals surface area (Å²) >= 11 is 0. The highest BCUT2D eigenvalue weighted by molar-refractivity contribution is 6.08. The number of anilines is 4. The third kappa shape index (κ3) is 5.74. The fourth-order valence-corrected chi connectivity index (χ4v) is 8.94. The molecule has 260 valence electrons. The minimum atomic E-state index is 0.0588. The van der Waals surface area contributed by atoms with Crippen molar-refractivity contribution in [3.8, 4) is 22.3 Å². The van der Waals surface area contributed by atoms with Gasteiger partial charge in [0.15, 0.2) is 0 Å². The van der Waals surface area contributed by atoms with Crippen molar-refractivity contribution >= 4 is 33.5 Å². The number of hydrogen-bond donors (Lipinski definition) is 0. The largest absolute Gasteiger partial charge is 0.337 e. The molecule has 0 bridgehead atoms. The summed E-state index contributed by atoms with van der Waals surface area (Å²) in [6.07, 6.45) is 3.54.